The van der Waals surface area contributed by atoms with Crippen LogP contribution in [0.5, 0.6) is 0 Å². The smallest absolute Gasteiger partial charge is 0.321 e. The second kappa shape index (κ2) is 6.19. The second-order valence-electron chi connectivity index (χ2n) is 1.40. The minimum absolute atomic E-state index is 0. The lowest BCUT2D eigenvalue weighted by Gasteiger charge is -2.00. The lowest BCUT2D eigenvalue weighted by atomic mass is 10.4. The molecule has 1 atom stereocenters. The Hall–Kier alpha value is 0.0700. The van der Waals surface area contributed by atoms with Crippen molar-refractivity contribution in [2.24, 2.45) is 5.73 Å². The molecule has 3 N–H and O–H groups in total. The van der Waals surface area contributed by atoms with Crippen LogP contribution in [0.1, 0.15) is 0 Å². The van der Waals surface area contributed by atoms with Crippen molar-refractivity contribution in [1.82, 2.24) is 0 Å². The van der Waals surface area contributed by atoms with Crippen LogP contribution in [0.4, 0.5) is 0 Å². The van der Waals surface area contributed by atoms with Gasteiger partial charge in [0.05, 0.1) is 0 Å². The van der Waals surface area contributed by atoms with E-state index in [1.807, 2.05) is 6.26 Å². The van der Waals surface area contributed by atoms with Crippen molar-refractivity contribution in [3.05, 3.63) is 0 Å². The number of carbonyl (C=O) groups is 1. The molecule has 56 valence electrons. The van der Waals surface area contributed by atoms with Gasteiger partial charge in [0, 0.05) is 5.75 Å². The van der Waals surface area contributed by atoms with E-state index in [2.05, 4.69) is 0 Å². The van der Waals surface area contributed by atoms with Crippen LogP contribution in [-0.4, -0.2) is 29.1 Å². The first-order valence-corrected chi connectivity index (χ1v) is 3.55. The maximum atomic E-state index is 9.95. The number of carboxylic acid groups (broad SMARTS) is 1. The third-order valence-electron chi connectivity index (χ3n) is 0.663. The van der Waals surface area contributed by atoms with Crippen molar-refractivity contribution < 1.29 is 9.90 Å². The topological polar surface area (TPSA) is 63.3 Å². The molecule has 0 saturated heterocycles. The highest BCUT2D eigenvalue weighted by Crippen LogP contribution is 1.93. The summed E-state index contributed by atoms with van der Waals surface area (Å²) in [6, 6.07) is -0.704. The molecular formula is C4H10ClNO2S. The molecule has 0 aromatic rings. The zero-order chi connectivity index (χ0) is 6.57. The maximum Gasteiger partial charge on any atom is 0.321 e. The standard InChI is InChI=1S/C4H9NO2S.ClH/c1-8-2-3(5)4(6)7;/h3H,2,5H2,1H3,(H,6,7);1H. The summed E-state index contributed by atoms with van der Waals surface area (Å²) < 4.78 is 0. The summed E-state index contributed by atoms with van der Waals surface area (Å²) in [5.74, 6) is -0.450. The summed E-state index contributed by atoms with van der Waals surface area (Å²) >= 11 is 1.43. The molecule has 0 aliphatic rings. The molecule has 0 saturated carbocycles. The lowest BCUT2D eigenvalue weighted by Crippen LogP contribution is -2.32. The van der Waals surface area contributed by atoms with Gasteiger partial charge in [-0.25, -0.2) is 0 Å². The summed E-state index contributed by atoms with van der Waals surface area (Å²) in [4.78, 5) is 9.95. The SMILES string of the molecule is CSCC(N)C(=O)O.Cl. The highest BCUT2D eigenvalue weighted by molar-refractivity contribution is 7.98. The van der Waals surface area contributed by atoms with E-state index in [1.54, 1.807) is 0 Å². The molecule has 1 unspecified atom stereocenters. The van der Waals surface area contributed by atoms with E-state index >= 15 is 0 Å². The fourth-order valence-corrected chi connectivity index (χ4v) is 0.753. The minimum atomic E-state index is -0.931. The predicted molar refractivity (Wildman–Crippen MR) is 41.2 cm³/mol. The zero-order valence-corrected chi connectivity index (χ0v) is 6.67. The Balaban J connectivity index is 0. The van der Waals surface area contributed by atoms with Crippen LogP contribution >= 0.6 is 24.2 Å². The van der Waals surface area contributed by atoms with E-state index in [0.29, 0.717) is 5.75 Å². The average molecular weight is 172 g/mol. The predicted octanol–water partition coefficient (Wildman–Crippen LogP) is 0.183. The van der Waals surface area contributed by atoms with Gasteiger partial charge in [-0.3, -0.25) is 4.79 Å². The molecule has 0 aromatic carbocycles. The molecule has 0 fully saturated rings. The summed E-state index contributed by atoms with van der Waals surface area (Å²) in [5.41, 5.74) is 5.11. The normalized spacial score (nSPS) is 11.8. The van der Waals surface area contributed by atoms with Crippen LogP contribution in [0, 0.1) is 0 Å². The fraction of sp³-hybridized carbons (Fsp3) is 0.750. The third-order valence-corrected chi connectivity index (χ3v) is 1.36. The average Bonchev–Trinajstić information content (AvgIpc) is 1.67. The minimum Gasteiger partial charge on any atom is -0.480 e. The van der Waals surface area contributed by atoms with E-state index in [-0.39, 0.29) is 12.4 Å². The van der Waals surface area contributed by atoms with E-state index in [0.717, 1.165) is 0 Å². The molecule has 9 heavy (non-hydrogen) atoms. The van der Waals surface area contributed by atoms with Gasteiger partial charge in [0.1, 0.15) is 6.04 Å². The van der Waals surface area contributed by atoms with Crippen LogP contribution < -0.4 is 5.73 Å². The quantitative estimate of drug-likeness (QED) is 0.636. The number of hydrogen-bond donors (Lipinski definition) is 2. The first-order valence-electron chi connectivity index (χ1n) is 2.15. The van der Waals surface area contributed by atoms with Crippen LogP contribution in [0.3, 0.4) is 0 Å². The molecule has 0 amide bonds. The van der Waals surface area contributed by atoms with Crippen molar-refractivity contribution in [3.8, 4) is 0 Å². The summed E-state index contributed by atoms with van der Waals surface area (Å²) in [6.45, 7) is 0. The largest absolute Gasteiger partial charge is 0.480 e. The van der Waals surface area contributed by atoms with Crippen LogP contribution in [0.2, 0.25) is 0 Å². The van der Waals surface area contributed by atoms with Gasteiger partial charge >= 0.3 is 5.97 Å². The van der Waals surface area contributed by atoms with Crippen molar-refractivity contribution in [2.45, 2.75) is 6.04 Å². The van der Waals surface area contributed by atoms with Gasteiger partial charge in [0.15, 0.2) is 0 Å². The maximum absolute atomic E-state index is 9.95. The molecule has 0 heterocycles. The van der Waals surface area contributed by atoms with Crippen LogP contribution in [0.25, 0.3) is 0 Å². The van der Waals surface area contributed by atoms with Gasteiger partial charge in [0.25, 0.3) is 0 Å². The van der Waals surface area contributed by atoms with Crippen molar-refractivity contribution in [2.75, 3.05) is 12.0 Å². The molecule has 5 heteroatoms. The Kier molecular flexibility index (Phi) is 8.13. The second-order valence-corrected chi connectivity index (χ2v) is 2.31. The lowest BCUT2D eigenvalue weighted by molar-refractivity contribution is -0.137. The summed E-state index contributed by atoms with van der Waals surface area (Å²) in [6.07, 6.45) is 1.82. The summed E-state index contributed by atoms with van der Waals surface area (Å²) in [7, 11) is 0. The monoisotopic (exact) mass is 171 g/mol. The van der Waals surface area contributed by atoms with Gasteiger partial charge in [-0.1, -0.05) is 0 Å². The molecule has 0 spiro atoms. The number of hydrogen-bond acceptors (Lipinski definition) is 3. The highest BCUT2D eigenvalue weighted by atomic mass is 35.5. The Morgan fingerprint density at radius 2 is 2.33 bits per heavy atom. The first-order chi connectivity index (χ1) is 3.68. The van der Waals surface area contributed by atoms with E-state index < -0.39 is 12.0 Å². The van der Waals surface area contributed by atoms with Gasteiger partial charge in [-0.2, -0.15) is 11.8 Å². The molecule has 3 nitrogen and oxygen atoms in total. The Bertz CT molecular complexity index is 90.6. The molecule has 0 rings (SSSR count). The van der Waals surface area contributed by atoms with Crippen LogP contribution in [-0.2, 0) is 4.79 Å². The summed E-state index contributed by atoms with van der Waals surface area (Å²) in [5, 5.41) is 8.17. The number of thioether (sulfide) groups is 1. The van der Waals surface area contributed by atoms with Gasteiger partial charge < -0.3 is 10.8 Å². The first kappa shape index (κ1) is 11.8. The number of carboxylic acids is 1. The molecule has 0 aliphatic carbocycles. The number of rotatable bonds is 3. The number of nitrogens with two attached hydrogens (primary N) is 1. The number of aliphatic carboxylic acids is 1. The Morgan fingerprint density at radius 1 is 1.89 bits per heavy atom. The van der Waals surface area contributed by atoms with Gasteiger partial charge in [-0.05, 0) is 6.26 Å². The zero-order valence-electron chi connectivity index (χ0n) is 5.03. The molecule has 0 radical (unpaired) electrons. The van der Waals surface area contributed by atoms with Crippen molar-refractivity contribution in [3.63, 3.8) is 0 Å². The van der Waals surface area contributed by atoms with Crippen LogP contribution in [0.15, 0.2) is 0 Å². The molecule has 0 aromatic heterocycles. The van der Waals surface area contributed by atoms with Gasteiger partial charge in [-0.15, -0.1) is 12.4 Å². The van der Waals surface area contributed by atoms with Crippen molar-refractivity contribution in [1.29, 1.82) is 0 Å². The third kappa shape index (κ3) is 5.95. The number of halogens is 1. The van der Waals surface area contributed by atoms with Crippen molar-refractivity contribution >= 4 is 30.1 Å². The Labute approximate surface area is 64.4 Å². The molecular weight excluding hydrogens is 162 g/mol. The van der Waals surface area contributed by atoms with E-state index in [1.165, 1.54) is 11.8 Å². The molecule has 0 bridgehead atoms. The Morgan fingerprint density at radius 3 is 2.44 bits per heavy atom. The highest BCUT2D eigenvalue weighted by Gasteiger charge is 2.08. The van der Waals surface area contributed by atoms with E-state index in [4.69, 9.17) is 10.8 Å². The molecule has 0 aliphatic heterocycles. The van der Waals surface area contributed by atoms with E-state index in [9.17, 15) is 4.79 Å². The fourth-order valence-electron chi connectivity index (χ4n) is 0.251. The van der Waals surface area contributed by atoms with Gasteiger partial charge in [0.2, 0.25) is 0 Å².